The van der Waals surface area contributed by atoms with Gasteiger partial charge < -0.3 is 5.32 Å². The van der Waals surface area contributed by atoms with Crippen molar-refractivity contribution in [2.24, 2.45) is 0 Å². The van der Waals surface area contributed by atoms with Gasteiger partial charge in [-0.3, -0.25) is 4.79 Å². The molecule has 0 fully saturated rings. The van der Waals surface area contributed by atoms with E-state index < -0.39 is 5.54 Å². The van der Waals surface area contributed by atoms with E-state index in [0.29, 0.717) is 15.9 Å². The number of aryl methyl sites for hydroxylation is 1. The Kier molecular flexibility index (Phi) is 5.07. The molecule has 4 heteroatoms. The molecule has 2 rings (SSSR count). The summed E-state index contributed by atoms with van der Waals surface area (Å²) in [5.41, 5.74) is 2.09. The summed E-state index contributed by atoms with van der Waals surface area (Å²) < 4.78 is 0. The van der Waals surface area contributed by atoms with Gasteiger partial charge >= 0.3 is 0 Å². The van der Waals surface area contributed by atoms with E-state index in [4.69, 9.17) is 11.6 Å². The second-order valence-electron chi connectivity index (χ2n) is 5.25. The molecule has 0 aliphatic carbocycles. The first-order valence-corrected chi connectivity index (χ1v) is 8.16. The average Bonchev–Trinajstić information content (AvgIpc) is 2.50. The number of halogens is 2. The maximum atomic E-state index is 12.5. The molecule has 2 aromatic carbocycles. The summed E-state index contributed by atoms with van der Waals surface area (Å²) in [5.74, 6) is -0.111. The summed E-state index contributed by atoms with van der Waals surface area (Å²) in [6.45, 7) is 3.89. The molecule has 2 aromatic rings. The molecular weight excluding hydrogens is 350 g/mol. The lowest BCUT2D eigenvalue weighted by atomic mass is 9.93. The van der Waals surface area contributed by atoms with Gasteiger partial charge in [-0.1, -0.05) is 57.9 Å². The lowest BCUT2D eigenvalue weighted by molar-refractivity contribution is 0.0914. The van der Waals surface area contributed by atoms with Crippen molar-refractivity contribution in [3.05, 3.63) is 70.2 Å². The second-order valence-corrected chi connectivity index (χ2v) is 6.22. The fraction of sp³-hybridized carbons (Fsp3) is 0.235. The van der Waals surface area contributed by atoms with Gasteiger partial charge in [-0.25, -0.2) is 0 Å². The van der Waals surface area contributed by atoms with Crippen molar-refractivity contribution in [1.82, 2.24) is 5.32 Å². The highest BCUT2D eigenvalue weighted by Gasteiger charge is 2.27. The summed E-state index contributed by atoms with van der Waals surface area (Å²) >= 11 is 9.50. The average molecular weight is 367 g/mol. The molecule has 2 nitrogen and oxygen atoms in total. The smallest absolute Gasteiger partial charge is 0.252 e. The number of carbonyl (C=O) groups is 1. The van der Waals surface area contributed by atoms with Gasteiger partial charge in [0.15, 0.2) is 0 Å². The van der Waals surface area contributed by atoms with Crippen LogP contribution in [0.5, 0.6) is 0 Å². The molecule has 110 valence electrons. The molecule has 1 amide bonds. The van der Waals surface area contributed by atoms with Crippen LogP contribution in [0.3, 0.4) is 0 Å². The van der Waals surface area contributed by atoms with Crippen LogP contribution in [-0.4, -0.2) is 11.2 Å². The van der Waals surface area contributed by atoms with Crippen LogP contribution in [-0.2, 0) is 5.54 Å². The Morgan fingerprint density at radius 1 is 1.24 bits per heavy atom. The first-order chi connectivity index (χ1) is 9.96. The number of hydrogen-bond donors (Lipinski definition) is 1. The number of carbonyl (C=O) groups excluding carboxylic acids is 1. The largest absolute Gasteiger partial charge is 0.342 e. The first-order valence-electron chi connectivity index (χ1n) is 6.66. The van der Waals surface area contributed by atoms with E-state index in [-0.39, 0.29) is 5.91 Å². The van der Waals surface area contributed by atoms with Crippen LogP contribution in [0.15, 0.2) is 48.5 Å². The number of amides is 1. The molecule has 21 heavy (non-hydrogen) atoms. The molecule has 0 saturated carbocycles. The van der Waals surface area contributed by atoms with Crippen molar-refractivity contribution >= 4 is 33.4 Å². The third-order valence-corrected chi connectivity index (χ3v) is 5.03. The van der Waals surface area contributed by atoms with Gasteiger partial charge in [0, 0.05) is 15.9 Å². The minimum Gasteiger partial charge on any atom is -0.342 e. The zero-order valence-corrected chi connectivity index (χ0v) is 14.3. The summed E-state index contributed by atoms with van der Waals surface area (Å²) in [5, 5.41) is 4.39. The van der Waals surface area contributed by atoms with Crippen LogP contribution < -0.4 is 5.32 Å². The highest BCUT2D eigenvalue weighted by Crippen LogP contribution is 2.24. The molecule has 0 heterocycles. The van der Waals surface area contributed by atoms with Crippen LogP contribution in [0, 0.1) is 6.92 Å². The van der Waals surface area contributed by atoms with Crippen LogP contribution in [0.25, 0.3) is 0 Å². The molecule has 0 aliphatic rings. The molecule has 0 bridgehead atoms. The Hall–Kier alpha value is -1.32. The summed E-state index contributed by atoms with van der Waals surface area (Å²) in [6, 6.07) is 15.2. The van der Waals surface area contributed by atoms with E-state index in [2.05, 4.69) is 21.2 Å². The highest BCUT2D eigenvalue weighted by molar-refractivity contribution is 9.09. The fourth-order valence-electron chi connectivity index (χ4n) is 2.10. The van der Waals surface area contributed by atoms with Crippen LogP contribution in [0.4, 0.5) is 0 Å². The van der Waals surface area contributed by atoms with Crippen LogP contribution >= 0.6 is 27.5 Å². The van der Waals surface area contributed by atoms with Gasteiger partial charge in [0.25, 0.3) is 5.91 Å². The molecule has 0 aromatic heterocycles. The van der Waals surface area contributed by atoms with Crippen molar-refractivity contribution in [3.63, 3.8) is 0 Å². The Morgan fingerprint density at radius 3 is 2.48 bits per heavy atom. The van der Waals surface area contributed by atoms with Crippen molar-refractivity contribution in [2.75, 3.05) is 5.33 Å². The van der Waals surface area contributed by atoms with Gasteiger partial charge in [0.2, 0.25) is 0 Å². The third-order valence-electron chi connectivity index (χ3n) is 3.49. The zero-order valence-electron chi connectivity index (χ0n) is 12.0. The minimum atomic E-state index is -0.466. The van der Waals surface area contributed by atoms with E-state index in [9.17, 15) is 4.79 Å². The van der Waals surface area contributed by atoms with Gasteiger partial charge in [-0.05, 0) is 43.2 Å². The topological polar surface area (TPSA) is 29.1 Å². The highest BCUT2D eigenvalue weighted by atomic mass is 79.9. The van der Waals surface area contributed by atoms with E-state index in [0.717, 1.165) is 11.1 Å². The number of benzene rings is 2. The van der Waals surface area contributed by atoms with Gasteiger partial charge in [-0.15, -0.1) is 0 Å². The molecule has 1 unspecified atom stereocenters. The Balaban J connectivity index is 2.26. The van der Waals surface area contributed by atoms with Gasteiger partial charge in [0.1, 0.15) is 0 Å². The van der Waals surface area contributed by atoms with Crippen molar-refractivity contribution in [1.29, 1.82) is 0 Å². The Bertz CT molecular complexity index is 644. The fourth-order valence-corrected chi connectivity index (χ4v) is 2.68. The molecule has 0 radical (unpaired) electrons. The van der Waals surface area contributed by atoms with Gasteiger partial charge in [-0.2, -0.15) is 0 Å². The van der Waals surface area contributed by atoms with E-state index in [1.165, 1.54) is 0 Å². The van der Waals surface area contributed by atoms with E-state index in [1.807, 2.05) is 44.2 Å². The predicted octanol–water partition coefficient (Wildman–Crippen LogP) is 4.69. The summed E-state index contributed by atoms with van der Waals surface area (Å²) in [4.78, 5) is 12.5. The third kappa shape index (κ3) is 3.66. The Morgan fingerprint density at radius 2 is 1.90 bits per heavy atom. The zero-order chi connectivity index (χ0) is 15.5. The standard InChI is InChI=1S/C17H17BrClNO/c1-12-10-13(8-9-15(12)19)16(21)20-17(2,11-18)14-6-4-3-5-7-14/h3-10H,11H2,1-2H3,(H,20,21). The molecule has 1 N–H and O–H groups in total. The predicted molar refractivity (Wildman–Crippen MR) is 91.2 cm³/mol. The quantitative estimate of drug-likeness (QED) is 0.782. The van der Waals surface area contributed by atoms with E-state index in [1.54, 1.807) is 18.2 Å². The number of rotatable bonds is 4. The summed E-state index contributed by atoms with van der Waals surface area (Å²) in [7, 11) is 0. The molecule has 0 spiro atoms. The van der Waals surface area contributed by atoms with E-state index >= 15 is 0 Å². The van der Waals surface area contributed by atoms with Crippen LogP contribution in [0.2, 0.25) is 5.02 Å². The maximum Gasteiger partial charge on any atom is 0.252 e. The number of nitrogens with one attached hydrogen (secondary N) is 1. The van der Waals surface area contributed by atoms with Gasteiger partial charge in [0.05, 0.1) is 5.54 Å². The normalized spacial score (nSPS) is 13.5. The summed E-state index contributed by atoms with van der Waals surface area (Å²) in [6.07, 6.45) is 0. The SMILES string of the molecule is Cc1cc(C(=O)NC(C)(CBr)c2ccccc2)ccc1Cl. The molecule has 0 saturated heterocycles. The molecular formula is C17H17BrClNO. The minimum absolute atomic E-state index is 0.111. The number of alkyl halides is 1. The van der Waals surface area contributed by atoms with Crippen molar-refractivity contribution < 1.29 is 4.79 Å². The van der Waals surface area contributed by atoms with Crippen molar-refractivity contribution in [3.8, 4) is 0 Å². The lowest BCUT2D eigenvalue weighted by Gasteiger charge is -2.29. The number of hydrogen-bond acceptors (Lipinski definition) is 1. The maximum absolute atomic E-state index is 12.5. The Labute approximate surface area is 138 Å². The van der Waals surface area contributed by atoms with Crippen molar-refractivity contribution in [2.45, 2.75) is 19.4 Å². The monoisotopic (exact) mass is 365 g/mol. The molecule has 0 aliphatic heterocycles. The van der Waals surface area contributed by atoms with Crippen LogP contribution in [0.1, 0.15) is 28.4 Å². The lowest BCUT2D eigenvalue weighted by Crippen LogP contribution is -2.44. The second kappa shape index (κ2) is 6.63. The first kappa shape index (κ1) is 16.1. The molecule has 1 atom stereocenters.